The van der Waals surface area contributed by atoms with Gasteiger partial charge >= 0.3 is 6.18 Å². The number of nitrogens with zero attached hydrogens (tertiary/aromatic N) is 3. The molecule has 1 aliphatic heterocycles. The van der Waals surface area contributed by atoms with E-state index in [4.69, 9.17) is 0 Å². The van der Waals surface area contributed by atoms with E-state index in [1.165, 1.54) is 11.9 Å². The Bertz CT molecular complexity index is 1400. The summed E-state index contributed by atoms with van der Waals surface area (Å²) in [5.74, 6) is 0.607. The summed E-state index contributed by atoms with van der Waals surface area (Å²) in [6.45, 7) is 6.18. The molecule has 6 nitrogen and oxygen atoms in total. The van der Waals surface area contributed by atoms with E-state index >= 15 is 0 Å². The number of aromatic amines is 1. The SMILES string of the molecule is CP(C)(=O)c1cc2cc(CN3CCC(Nc4ncnc5sc(CC(F)(F)F)cc45)CC3)ccc2[nH]1. The Morgan fingerprint density at radius 3 is 2.66 bits per heavy atom. The Morgan fingerprint density at radius 1 is 1.17 bits per heavy atom. The highest BCUT2D eigenvalue weighted by Crippen LogP contribution is 2.36. The Kier molecular flexibility index (Phi) is 6.40. The van der Waals surface area contributed by atoms with Crippen LogP contribution in [0.15, 0.2) is 36.7 Å². The Hall–Kier alpha value is -2.42. The van der Waals surface area contributed by atoms with Gasteiger partial charge in [0.1, 0.15) is 24.1 Å². The van der Waals surface area contributed by atoms with Crippen LogP contribution in [0.4, 0.5) is 19.0 Å². The number of rotatable bonds is 6. The molecule has 1 aromatic carbocycles. The minimum Gasteiger partial charge on any atom is -0.367 e. The third kappa shape index (κ3) is 5.71. The molecule has 0 unspecified atom stereocenters. The molecule has 0 bridgehead atoms. The van der Waals surface area contributed by atoms with Gasteiger partial charge in [-0.25, -0.2) is 9.97 Å². The number of alkyl halides is 3. The average molecular weight is 522 g/mol. The van der Waals surface area contributed by atoms with Crippen LogP contribution < -0.4 is 10.8 Å². The van der Waals surface area contributed by atoms with Gasteiger partial charge in [0.15, 0.2) is 0 Å². The normalized spacial score (nSPS) is 16.4. The van der Waals surface area contributed by atoms with E-state index in [0.29, 0.717) is 16.0 Å². The third-order valence-corrected chi connectivity index (χ3v) is 8.79. The first-order chi connectivity index (χ1) is 16.5. The predicted molar refractivity (Wildman–Crippen MR) is 136 cm³/mol. The van der Waals surface area contributed by atoms with Gasteiger partial charge in [0.2, 0.25) is 0 Å². The van der Waals surface area contributed by atoms with E-state index in [-0.39, 0.29) is 10.9 Å². The summed E-state index contributed by atoms with van der Waals surface area (Å²) in [5.41, 5.74) is 3.01. The molecule has 5 rings (SSSR count). The van der Waals surface area contributed by atoms with Crippen molar-refractivity contribution < 1.29 is 17.7 Å². The number of H-pyrrole nitrogens is 1. The molecule has 2 N–H and O–H groups in total. The standard InChI is InChI=1S/C24H27F3N5OPS/c1-34(2,33)21-10-16-9-15(3-4-20(16)31-21)13-32-7-5-17(6-8-32)30-22-19-11-18(12-24(25,26)27)35-23(19)29-14-28-22/h3-4,9-11,14,17,31H,5-8,12-13H2,1-2H3,(H,28,29,30). The van der Waals surface area contributed by atoms with Crippen LogP contribution >= 0.6 is 18.5 Å². The first-order valence-electron chi connectivity index (χ1n) is 11.5. The molecule has 1 fully saturated rings. The first kappa shape index (κ1) is 24.3. The van der Waals surface area contributed by atoms with E-state index in [9.17, 15) is 17.7 Å². The van der Waals surface area contributed by atoms with Crippen molar-refractivity contribution in [2.24, 2.45) is 0 Å². The van der Waals surface area contributed by atoms with Gasteiger partial charge in [0.05, 0.1) is 17.2 Å². The van der Waals surface area contributed by atoms with Crippen LogP contribution in [0.25, 0.3) is 21.1 Å². The molecule has 0 spiro atoms. The van der Waals surface area contributed by atoms with Crippen LogP contribution in [-0.2, 0) is 17.5 Å². The molecule has 35 heavy (non-hydrogen) atoms. The number of thiophene rings is 1. The van der Waals surface area contributed by atoms with Gasteiger partial charge < -0.3 is 14.9 Å². The monoisotopic (exact) mass is 521 g/mol. The number of benzene rings is 1. The molecule has 0 saturated carbocycles. The summed E-state index contributed by atoms with van der Waals surface area (Å²) in [6, 6.07) is 10.1. The third-order valence-electron chi connectivity index (χ3n) is 6.34. The maximum absolute atomic E-state index is 12.8. The van der Waals surface area contributed by atoms with Crippen molar-refractivity contribution in [2.75, 3.05) is 31.7 Å². The van der Waals surface area contributed by atoms with Crippen molar-refractivity contribution in [3.05, 3.63) is 47.1 Å². The van der Waals surface area contributed by atoms with Crippen LogP contribution in [-0.4, -0.2) is 58.5 Å². The minimum absolute atomic E-state index is 0.202. The zero-order valence-electron chi connectivity index (χ0n) is 19.5. The van der Waals surface area contributed by atoms with Gasteiger partial charge in [-0.1, -0.05) is 6.07 Å². The molecule has 1 aliphatic rings. The lowest BCUT2D eigenvalue weighted by atomic mass is 10.0. The first-order valence-corrected chi connectivity index (χ1v) is 14.9. The van der Waals surface area contributed by atoms with E-state index in [1.807, 2.05) is 12.1 Å². The van der Waals surface area contributed by atoms with Crippen molar-refractivity contribution in [2.45, 2.75) is 38.0 Å². The van der Waals surface area contributed by atoms with E-state index in [1.54, 1.807) is 19.4 Å². The second-order valence-corrected chi connectivity index (χ2v) is 13.9. The average Bonchev–Trinajstić information content (AvgIpc) is 3.37. The smallest absolute Gasteiger partial charge is 0.367 e. The van der Waals surface area contributed by atoms with Crippen molar-refractivity contribution >= 4 is 50.9 Å². The molecule has 0 radical (unpaired) electrons. The number of nitrogens with one attached hydrogen (secondary N) is 2. The van der Waals surface area contributed by atoms with Crippen molar-refractivity contribution in [3.8, 4) is 0 Å². The molecule has 0 atom stereocenters. The van der Waals surface area contributed by atoms with Gasteiger partial charge in [-0.3, -0.25) is 4.90 Å². The van der Waals surface area contributed by atoms with Gasteiger partial charge in [-0.2, -0.15) is 13.2 Å². The molecule has 11 heteroatoms. The fourth-order valence-electron chi connectivity index (χ4n) is 4.55. The Morgan fingerprint density at radius 2 is 1.94 bits per heavy atom. The Labute approximate surface area is 205 Å². The summed E-state index contributed by atoms with van der Waals surface area (Å²) in [4.78, 5) is 15.0. The van der Waals surface area contributed by atoms with Gasteiger partial charge in [0, 0.05) is 41.5 Å². The van der Waals surface area contributed by atoms with Crippen molar-refractivity contribution in [1.29, 1.82) is 0 Å². The molecule has 4 heterocycles. The number of hydrogen-bond donors (Lipinski definition) is 2. The van der Waals surface area contributed by atoms with E-state index in [2.05, 4.69) is 37.3 Å². The lowest BCUT2D eigenvalue weighted by molar-refractivity contribution is -0.126. The molecule has 0 aliphatic carbocycles. The van der Waals surface area contributed by atoms with Crippen molar-refractivity contribution in [3.63, 3.8) is 0 Å². The zero-order valence-corrected chi connectivity index (χ0v) is 21.2. The lowest BCUT2D eigenvalue weighted by Gasteiger charge is -2.32. The van der Waals surface area contributed by atoms with E-state index < -0.39 is 19.7 Å². The molecule has 1 saturated heterocycles. The summed E-state index contributed by atoms with van der Waals surface area (Å²) >= 11 is 1.07. The quantitative estimate of drug-likeness (QED) is 0.323. The molecule has 0 amide bonds. The maximum atomic E-state index is 12.8. The molecule has 3 aromatic heterocycles. The number of likely N-dealkylation sites (tertiary alicyclic amines) is 1. The number of fused-ring (bicyclic) bond motifs is 2. The molecular formula is C24H27F3N5OPS. The lowest BCUT2D eigenvalue weighted by Crippen LogP contribution is -2.38. The Balaban J connectivity index is 1.21. The second-order valence-electron chi connectivity index (χ2n) is 9.57. The molecule has 186 valence electrons. The van der Waals surface area contributed by atoms with Gasteiger partial charge in [0.25, 0.3) is 0 Å². The summed E-state index contributed by atoms with van der Waals surface area (Å²) in [6.07, 6.45) is -1.95. The molecular weight excluding hydrogens is 494 g/mol. The summed E-state index contributed by atoms with van der Waals surface area (Å²) in [7, 11) is -2.33. The van der Waals surface area contributed by atoms with Crippen LogP contribution in [0.5, 0.6) is 0 Å². The van der Waals surface area contributed by atoms with Gasteiger partial charge in [-0.05, 0) is 56.0 Å². The van der Waals surface area contributed by atoms with E-state index in [0.717, 1.165) is 60.2 Å². The zero-order chi connectivity index (χ0) is 24.8. The van der Waals surface area contributed by atoms with Gasteiger partial charge in [-0.15, -0.1) is 11.3 Å². The largest absolute Gasteiger partial charge is 0.393 e. The fraction of sp³-hybridized carbons (Fsp3) is 0.417. The van der Waals surface area contributed by atoms with Crippen LogP contribution in [0, 0.1) is 0 Å². The summed E-state index contributed by atoms with van der Waals surface area (Å²) < 4.78 is 50.8. The van der Waals surface area contributed by atoms with Crippen LogP contribution in [0.3, 0.4) is 0 Å². The number of halogens is 3. The fourth-order valence-corrected chi connectivity index (χ4v) is 6.41. The topological polar surface area (TPSA) is 73.9 Å². The predicted octanol–water partition coefficient (Wildman–Crippen LogP) is 5.60. The highest BCUT2D eigenvalue weighted by molar-refractivity contribution is 7.69. The maximum Gasteiger partial charge on any atom is 0.393 e. The number of anilines is 1. The second kappa shape index (κ2) is 9.22. The van der Waals surface area contributed by atoms with Crippen molar-refractivity contribution in [1.82, 2.24) is 19.9 Å². The number of hydrogen-bond acceptors (Lipinski definition) is 6. The highest BCUT2D eigenvalue weighted by Gasteiger charge is 2.29. The van der Waals surface area contributed by atoms with Crippen LogP contribution in [0.1, 0.15) is 23.3 Å². The molecule has 4 aromatic rings. The summed E-state index contributed by atoms with van der Waals surface area (Å²) in [5, 5.41) is 5.17. The van der Waals surface area contributed by atoms with Crippen LogP contribution in [0.2, 0.25) is 0 Å². The number of piperidine rings is 1. The highest BCUT2D eigenvalue weighted by atomic mass is 32.1. The minimum atomic E-state index is -4.24. The number of aromatic nitrogens is 3.